The predicted molar refractivity (Wildman–Crippen MR) is 124 cm³/mol. The zero-order valence-corrected chi connectivity index (χ0v) is 23.3. The van der Waals surface area contributed by atoms with Crippen molar-refractivity contribution in [1.82, 2.24) is 0 Å². The molecule has 0 aromatic heterocycles. The minimum absolute atomic E-state index is 0.548. The van der Waals surface area contributed by atoms with Crippen molar-refractivity contribution in [3.8, 4) is 0 Å². The average Bonchev–Trinajstić information content (AvgIpc) is 2.79. The molecule has 0 unspecified atom stereocenters. The molecule has 13 heteroatoms. The van der Waals surface area contributed by atoms with Crippen LogP contribution in [-0.4, -0.2) is 32.4 Å². The second kappa shape index (κ2) is 9.11. The molecule has 188 valence electrons. The van der Waals surface area contributed by atoms with Crippen LogP contribution in [0.1, 0.15) is 16.7 Å². The third-order valence-electron chi connectivity index (χ3n) is 5.43. The second-order valence-electron chi connectivity index (χ2n) is 8.02. The maximum atomic E-state index is 14.7. The van der Waals surface area contributed by atoms with Crippen molar-refractivity contribution in [2.24, 2.45) is 0 Å². The first-order chi connectivity index (χ1) is 16.1. The van der Waals surface area contributed by atoms with Gasteiger partial charge >= 0.3 is 205 Å². The fraction of sp³-hybridized carbons (Fsp3) is 0.182. The molecule has 0 saturated heterocycles. The van der Waals surface area contributed by atoms with Crippen LogP contribution >= 0.6 is 0 Å². The summed E-state index contributed by atoms with van der Waals surface area (Å²) in [7, 11) is -15.8. The number of aryl methyl sites for hydroxylation is 3. The molecule has 0 fully saturated rings. The Morgan fingerprint density at radius 1 is 0.543 bits per heavy atom. The molecule has 0 N–H and O–H groups in total. The van der Waals surface area contributed by atoms with Crippen molar-refractivity contribution in [1.29, 1.82) is 0 Å². The van der Waals surface area contributed by atoms with Crippen molar-refractivity contribution in [2.75, 3.05) is 7.11 Å². The summed E-state index contributed by atoms with van der Waals surface area (Å²) >= 11 is -8.47. The van der Waals surface area contributed by atoms with Gasteiger partial charge in [0.2, 0.25) is 0 Å². The average molecular weight is 576 g/mol. The molecule has 3 aromatic carbocycles. The molecular formula is C22H24O9S3Ti. The molecule has 0 amide bonds. The van der Waals surface area contributed by atoms with E-state index in [0.717, 1.165) is 36.4 Å². The van der Waals surface area contributed by atoms with Gasteiger partial charge in [0.25, 0.3) is 0 Å². The van der Waals surface area contributed by atoms with Crippen LogP contribution in [0.2, 0.25) is 0 Å². The fourth-order valence-corrected chi connectivity index (χ4v) is 28.9. The molecule has 0 aliphatic heterocycles. The van der Waals surface area contributed by atoms with E-state index in [1.807, 2.05) is 0 Å². The van der Waals surface area contributed by atoms with Crippen molar-refractivity contribution in [2.45, 2.75) is 35.5 Å². The van der Waals surface area contributed by atoms with Gasteiger partial charge in [0.1, 0.15) is 0 Å². The van der Waals surface area contributed by atoms with Gasteiger partial charge < -0.3 is 0 Å². The first kappa shape index (κ1) is 27.5. The monoisotopic (exact) mass is 576 g/mol. The van der Waals surface area contributed by atoms with Gasteiger partial charge in [-0.3, -0.25) is 0 Å². The Kier molecular flexibility index (Phi) is 7.17. The summed E-state index contributed by atoms with van der Waals surface area (Å²) in [5.74, 6) is 0. The molecular weight excluding hydrogens is 552 g/mol. The summed E-state index contributed by atoms with van der Waals surface area (Å²) in [5, 5.41) is 0. The topological polar surface area (TPSA) is 138 Å². The van der Waals surface area contributed by atoms with Crippen LogP contribution in [0.25, 0.3) is 0 Å². The van der Waals surface area contributed by atoms with Gasteiger partial charge in [-0.15, -0.1) is 0 Å². The molecule has 0 spiro atoms. The first-order valence-corrected chi connectivity index (χ1v) is 20.3. The molecule has 0 heterocycles. The van der Waals surface area contributed by atoms with E-state index in [1.54, 1.807) is 20.8 Å². The van der Waals surface area contributed by atoms with Gasteiger partial charge in [-0.05, 0) is 0 Å². The molecule has 0 radical (unpaired) electrons. The Morgan fingerprint density at radius 3 is 1.11 bits per heavy atom. The number of benzene rings is 3. The summed E-state index contributed by atoms with van der Waals surface area (Å²) in [6.07, 6.45) is 0. The summed E-state index contributed by atoms with van der Waals surface area (Å²) in [6, 6.07) is 14.3. The van der Waals surface area contributed by atoms with E-state index in [1.165, 1.54) is 36.4 Å². The minimum atomic E-state index is -8.47. The zero-order valence-electron chi connectivity index (χ0n) is 19.3. The van der Waals surface area contributed by atoms with Gasteiger partial charge in [0, 0.05) is 0 Å². The van der Waals surface area contributed by atoms with Crippen LogP contribution in [-0.2, 0) is 47.8 Å². The van der Waals surface area contributed by atoms with E-state index in [0.29, 0.717) is 23.8 Å². The summed E-state index contributed by atoms with van der Waals surface area (Å²) in [5.41, 5.74) is 1.91. The van der Waals surface area contributed by atoms with Crippen LogP contribution in [0.3, 0.4) is 0 Å². The summed E-state index contributed by atoms with van der Waals surface area (Å²) in [6.45, 7) is 4.97. The van der Waals surface area contributed by atoms with E-state index < -0.39 is 53.1 Å². The molecule has 0 saturated carbocycles. The predicted octanol–water partition coefficient (Wildman–Crippen LogP) is 3.61. The molecule has 35 heavy (non-hydrogen) atoms. The van der Waals surface area contributed by atoms with E-state index in [-0.39, 0.29) is 0 Å². The Morgan fingerprint density at radius 2 is 0.829 bits per heavy atom. The third-order valence-corrected chi connectivity index (χ3v) is 32.6. The Labute approximate surface area is 204 Å². The van der Waals surface area contributed by atoms with Crippen molar-refractivity contribution < 1.29 is 48.1 Å². The van der Waals surface area contributed by atoms with Gasteiger partial charge in [-0.1, -0.05) is 0 Å². The SMILES string of the molecule is C[O][Ti](=[O])([O]S(=O)(=O)c1ccc(C)cc1)([S](=O)(=O)c1ccc(C)cc1)[S](=O)(=O)c1ccc(C)cc1. The Bertz CT molecular complexity index is 1560. The summed E-state index contributed by atoms with van der Waals surface area (Å²) in [4.78, 5) is -2.05. The van der Waals surface area contributed by atoms with Crippen LogP contribution < -0.4 is 0 Å². The number of hydrogen-bond acceptors (Lipinski definition) is 9. The maximum absolute atomic E-state index is 14.7. The number of hydrogen-bond donors (Lipinski definition) is 0. The summed E-state index contributed by atoms with van der Waals surface area (Å²) < 4.78 is 106. The Hall–Kier alpha value is -2.06. The first-order valence-electron chi connectivity index (χ1n) is 10.2. The van der Waals surface area contributed by atoms with Crippen LogP contribution in [0.5, 0.6) is 0 Å². The fourth-order valence-electron chi connectivity index (χ4n) is 3.24. The van der Waals surface area contributed by atoms with E-state index >= 15 is 0 Å². The Balaban J connectivity index is 2.43. The third kappa shape index (κ3) is 4.37. The van der Waals surface area contributed by atoms with Crippen molar-refractivity contribution >= 4 is 25.0 Å². The van der Waals surface area contributed by atoms with Crippen molar-refractivity contribution in [3.63, 3.8) is 0 Å². The van der Waals surface area contributed by atoms with Crippen molar-refractivity contribution in [3.05, 3.63) is 89.5 Å². The van der Waals surface area contributed by atoms with Gasteiger partial charge in [-0.2, -0.15) is 0 Å². The van der Waals surface area contributed by atoms with Crippen LogP contribution in [0.15, 0.2) is 87.5 Å². The standard InChI is InChI=1S/C7H8O3S.2C7H7O2S.CH3O.O.Ti/c1-6-2-4-7(5-3-6)11(8,9)10;2*1-6-2-4-7(5-3-6)10(8)9;1-2;;/h2-5H,1H3,(H,8,9,10);2*2-5H,1H3;1H3;;/q;;;-1;;+2/p-1. The van der Waals surface area contributed by atoms with E-state index in [4.69, 9.17) is 6.08 Å². The quantitative estimate of drug-likeness (QED) is 0.368. The van der Waals surface area contributed by atoms with Gasteiger partial charge in [0.15, 0.2) is 0 Å². The molecule has 9 nitrogen and oxygen atoms in total. The van der Waals surface area contributed by atoms with Gasteiger partial charge in [-0.25, -0.2) is 0 Å². The zero-order chi connectivity index (χ0) is 26.3. The molecule has 3 rings (SSSR count). The number of rotatable bonds is 8. The van der Waals surface area contributed by atoms with E-state index in [9.17, 15) is 28.6 Å². The molecule has 0 aliphatic carbocycles. The molecule has 0 aliphatic rings. The van der Waals surface area contributed by atoms with E-state index in [2.05, 4.69) is 0 Å². The van der Waals surface area contributed by atoms with Crippen LogP contribution in [0, 0.1) is 20.8 Å². The molecule has 3 aromatic rings. The van der Waals surface area contributed by atoms with Crippen LogP contribution in [0.4, 0.5) is 0 Å². The molecule has 0 bridgehead atoms. The molecule has 0 atom stereocenters. The second-order valence-corrected chi connectivity index (χ2v) is 28.5. The normalized spacial score (nSPS) is 13.5. The van der Waals surface area contributed by atoms with Gasteiger partial charge in [0.05, 0.1) is 0 Å².